The number of rotatable bonds is 6. The summed E-state index contributed by atoms with van der Waals surface area (Å²) in [4.78, 5) is 16.2. The summed E-state index contributed by atoms with van der Waals surface area (Å²) in [5.41, 5.74) is 18.3. The molecule has 8 N–H and O–H groups in total. The van der Waals surface area contributed by atoms with Crippen LogP contribution in [0.3, 0.4) is 0 Å². The zero-order valence-corrected chi connectivity index (χ0v) is 24.3. The van der Waals surface area contributed by atoms with Gasteiger partial charge in [-0.05, 0) is 54.6 Å². The van der Waals surface area contributed by atoms with Gasteiger partial charge in [0.05, 0.1) is 28.6 Å². The van der Waals surface area contributed by atoms with E-state index in [1.807, 2.05) is 18.2 Å². The van der Waals surface area contributed by atoms with E-state index in [2.05, 4.69) is 21.7 Å². The zero-order valence-electron chi connectivity index (χ0n) is 23.5. The smallest absolute Gasteiger partial charge is 0.255 e. The van der Waals surface area contributed by atoms with Crippen molar-refractivity contribution in [2.24, 2.45) is 11.5 Å². The molecule has 2 aromatic heterocycles. The van der Waals surface area contributed by atoms with Crippen LogP contribution in [0.1, 0.15) is 27.2 Å². The molecule has 1 amide bonds. The maximum Gasteiger partial charge on any atom is 0.255 e. The first-order valence-corrected chi connectivity index (χ1v) is 14.3. The summed E-state index contributed by atoms with van der Waals surface area (Å²) < 4.78 is 36.3. The third kappa shape index (κ3) is 6.59. The summed E-state index contributed by atoms with van der Waals surface area (Å²) in [6.45, 7) is 0. The van der Waals surface area contributed by atoms with E-state index in [1.54, 1.807) is 43.5 Å². The molecule has 5 aromatic rings. The van der Waals surface area contributed by atoms with Crippen molar-refractivity contribution in [3.8, 4) is 17.4 Å². The van der Waals surface area contributed by atoms with Gasteiger partial charge in [0, 0.05) is 71.3 Å². The molecule has 0 saturated heterocycles. The van der Waals surface area contributed by atoms with Gasteiger partial charge in [0.1, 0.15) is 28.2 Å². The maximum atomic E-state index is 13.6. The number of amides is 1. The molecule has 3 aromatic carbocycles. The zero-order chi connectivity index (χ0) is 31.3. The van der Waals surface area contributed by atoms with Crippen molar-refractivity contribution < 1.29 is 22.4 Å². The van der Waals surface area contributed by atoms with Gasteiger partial charge in [0.15, 0.2) is 0 Å². The Morgan fingerprint density at radius 2 is 1.84 bits per heavy atom. The minimum atomic E-state index is -1.61. The van der Waals surface area contributed by atoms with Crippen molar-refractivity contribution in [1.82, 2.24) is 10.3 Å². The number of nitrogens with one attached hydrogen (secondary N) is 3. The van der Waals surface area contributed by atoms with Crippen LogP contribution in [-0.2, 0) is 11.1 Å². The number of nitrogens with two attached hydrogens (primary N) is 2. The van der Waals surface area contributed by atoms with Gasteiger partial charge >= 0.3 is 0 Å². The second-order valence-corrected chi connectivity index (χ2v) is 10.1. The Morgan fingerprint density at radius 1 is 1.14 bits per heavy atom. The fourth-order valence-corrected chi connectivity index (χ4v) is 4.56. The molecule has 0 spiro atoms. The standard InChI is InChI=1S/C30H25FN6O2.CH4O2S/c1-35-25-13-27-22(28(30(38)36-2)29(39-27)17-5-7-20(31)8-6-17)12-21(25)19(15-33)10-23(34)26-11-18-4-3-16(14-32)9-24(18)37-26;1-4(2)3/h3-13,15,35,37H,33-34H2,1-2H3,(H,36,38);1H3,(H,2,3)/b19-15+,23-10-;. The number of nitrogens with zero attached hydrogens (tertiary/aromatic N) is 1. The van der Waals surface area contributed by atoms with Crippen LogP contribution >= 0.6 is 0 Å². The molecule has 2 heterocycles. The number of aromatic nitrogens is 1. The summed E-state index contributed by atoms with van der Waals surface area (Å²) in [6, 6.07) is 18.7. The van der Waals surface area contributed by atoms with Crippen LogP contribution in [0.4, 0.5) is 10.1 Å². The summed E-state index contributed by atoms with van der Waals surface area (Å²) in [6.07, 6.45) is 4.37. The molecule has 5 rings (SSSR count). The molecule has 0 saturated carbocycles. The number of furan rings is 1. The van der Waals surface area contributed by atoms with Crippen molar-refractivity contribution >= 4 is 55.8 Å². The lowest BCUT2D eigenvalue weighted by molar-refractivity contribution is 0.0964. The Kier molecular flexibility index (Phi) is 9.29. The van der Waals surface area contributed by atoms with Gasteiger partial charge in [0.25, 0.3) is 5.91 Å². The highest BCUT2D eigenvalue weighted by Gasteiger charge is 2.23. The van der Waals surface area contributed by atoms with Gasteiger partial charge in [-0.1, -0.05) is 6.07 Å². The predicted molar refractivity (Wildman–Crippen MR) is 169 cm³/mol. The van der Waals surface area contributed by atoms with E-state index in [4.69, 9.17) is 24.6 Å². The normalized spacial score (nSPS) is 12.4. The van der Waals surface area contributed by atoms with E-state index < -0.39 is 16.9 Å². The first-order valence-electron chi connectivity index (χ1n) is 12.8. The number of hydrogen-bond acceptors (Lipinski definition) is 7. The average Bonchev–Trinajstić information content (AvgIpc) is 3.60. The van der Waals surface area contributed by atoms with Crippen LogP contribution in [0.25, 0.3) is 44.5 Å². The number of nitriles is 1. The van der Waals surface area contributed by atoms with E-state index in [-0.39, 0.29) is 5.91 Å². The number of benzene rings is 3. The number of halogens is 1. The van der Waals surface area contributed by atoms with Crippen LogP contribution in [0.15, 0.2) is 77.4 Å². The molecular formula is C31H29FN6O4S. The van der Waals surface area contributed by atoms with E-state index >= 15 is 0 Å². The molecule has 43 heavy (non-hydrogen) atoms. The van der Waals surface area contributed by atoms with Crippen molar-refractivity contribution in [3.63, 3.8) is 0 Å². The number of hydrogen-bond donors (Lipinski definition) is 6. The number of anilines is 1. The number of carbonyl (C=O) groups excluding carboxylic acids is 1. The second kappa shape index (κ2) is 13.1. The highest BCUT2D eigenvalue weighted by molar-refractivity contribution is 7.78. The SMILES string of the molecule is CNC(=O)c1c(-c2ccc(F)cc2)oc2cc(NC)c(C(/C=C(\N)c3cc4ccc(C#N)cc4[nH]3)=C/N)cc12.CS(=O)O. The van der Waals surface area contributed by atoms with Gasteiger partial charge in [-0.15, -0.1) is 0 Å². The van der Waals surface area contributed by atoms with Crippen LogP contribution in [0.2, 0.25) is 0 Å². The Hall–Kier alpha value is -5.38. The molecule has 0 fully saturated rings. The van der Waals surface area contributed by atoms with Gasteiger partial charge in [-0.3, -0.25) is 4.79 Å². The fourth-order valence-electron chi connectivity index (χ4n) is 4.56. The van der Waals surface area contributed by atoms with Crippen molar-refractivity contribution in [3.05, 3.63) is 101 Å². The topological polar surface area (TPSA) is 183 Å². The van der Waals surface area contributed by atoms with Gasteiger partial charge in [-0.2, -0.15) is 5.26 Å². The first kappa shape index (κ1) is 30.6. The van der Waals surface area contributed by atoms with E-state index in [0.29, 0.717) is 61.6 Å². The highest BCUT2D eigenvalue weighted by atomic mass is 32.2. The molecule has 220 valence electrons. The average molecular weight is 601 g/mol. The van der Waals surface area contributed by atoms with E-state index in [9.17, 15) is 14.4 Å². The minimum Gasteiger partial charge on any atom is -0.455 e. The van der Waals surface area contributed by atoms with E-state index in [0.717, 1.165) is 10.9 Å². The number of H-pyrrole nitrogens is 1. The largest absolute Gasteiger partial charge is 0.455 e. The number of carbonyl (C=O) groups is 1. The van der Waals surface area contributed by atoms with Crippen molar-refractivity contribution in [2.45, 2.75) is 0 Å². The third-order valence-corrected chi connectivity index (χ3v) is 6.52. The molecule has 0 radical (unpaired) electrons. The lowest BCUT2D eigenvalue weighted by atomic mass is 9.98. The van der Waals surface area contributed by atoms with Gasteiger partial charge in [0.2, 0.25) is 0 Å². The fraction of sp³-hybridized carbons (Fsp3) is 0.0968. The van der Waals surface area contributed by atoms with Crippen LogP contribution in [-0.4, -0.2) is 40.0 Å². The van der Waals surface area contributed by atoms with Crippen LogP contribution < -0.4 is 22.1 Å². The molecule has 1 atom stereocenters. The molecule has 1 unspecified atom stereocenters. The highest BCUT2D eigenvalue weighted by Crippen LogP contribution is 2.39. The summed E-state index contributed by atoms with van der Waals surface area (Å²) in [5.74, 6) is -0.412. The lowest BCUT2D eigenvalue weighted by Gasteiger charge is -2.11. The molecule has 10 nitrogen and oxygen atoms in total. The predicted octanol–water partition coefficient (Wildman–Crippen LogP) is 5.13. The quantitative estimate of drug-likeness (QED) is 0.114. The van der Waals surface area contributed by atoms with Crippen LogP contribution in [0.5, 0.6) is 0 Å². The Balaban J connectivity index is 0.000000996. The summed E-state index contributed by atoms with van der Waals surface area (Å²) in [5, 5.41) is 16.5. The Morgan fingerprint density at radius 3 is 2.44 bits per heavy atom. The van der Waals surface area contributed by atoms with Crippen molar-refractivity contribution in [1.29, 1.82) is 5.26 Å². The molecule has 0 bridgehead atoms. The Bertz CT molecular complexity index is 1950. The number of aromatic amines is 1. The minimum absolute atomic E-state index is 0.320. The summed E-state index contributed by atoms with van der Waals surface area (Å²) in [7, 11) is 3.30. The molecule has 0 aliphatic heterocycles. The number of fused-ring (bicyclic) bond motifs is 2. The molecule has 0 aliphatic rings. The van der Waals surface area contributed by atoms with Crippen LogP contribution in [0, 0.1) is 17.1 Å². The molecular weight excluding hydrogens is 571 g/mol. The van der Waals surface area contributed by atoms with Crippen molar-refractivity contribution in [2.75, 3.05) is 25.7 Å². The first-order chi connectivity index (χ1) is 20.6. The lowest BCUT2D eigenvalue weighted by Crippen LogP contribution is -2.18. The van der Waals surface area contributed by atoms with Gasteiger partial charge in [-0.25, -0.2) is 8.60 Å². The monoisotopic (exact) mass is 600 g/mol. The maximum absolute atomic E-state index is 13.6. The molecule has 0 aliphatic carbocycles. The number of allylic oxidation sites excluding steroid dienone is 2. The van der Waals surface area contributed by atoms with E-state index in [1.165, 1.54) is 31.6 Å². The second-order valence-electron chi connectivity index (χ2n) is 9.28. The third-order valence-electron chi connectivity index (χ3n) is 6.52. The molecule has 12 heteroatoms. The summed E-state index contributed by atoms with van der Waals surface area (Å²) >= 11 is -1.61. The Labute approximate surface area is 249 Å². The van der Waals surface area contributed by atoms with Gasteiger partial charge < -0.3 is 36.1 Å².